The third-order valence-electron chi connectivity index (χ3n) is 1.57. The van der Waals surface area contributed by atoms with Crippen LogP contribution in [0.4, 0.5) is 13.2 Å². The fourth-order valence-electron chi connectivity index (χ4n) is 0.952. The number of hydrogen-bond acceptors (Lipinski definition) is 1. The molecule has 0 atom stereocenters. The summed E-state index contributed by atoms with van der Waals surface area (Å²) in [6.45, 7) is 9.41. The van der Waals surface area contributed by atoms with Crippen LogP contribution in [0.15, 0.2) is 16.6 Å². The van der Waals surface area contributed by atoms with Gasteiger partial charge in [-0.1, -0.05) is 43.6 Å². The second kappa shape index (κ2) is 8.39. The van der Waals surface area contributed by atoms with E-state index in [0.29, 0.717) is 4.47 Å². The minimum absolute atomic E-state index is 0.196. The molecule has 1 aromatic carbocycles. The highest BCUT2D eigenvalue weighted by atomic mass is 79.9. The lowest BCUT2D eigenvalue weighted by molar-refractivity contribution is -0.138. The first kappa shape index (κ1) is 18.6. The van der Waals surface area contributed by atoms with Gasteiger partial charge in [0, 0.05) is 4.47 Å². The second-order valence-electron chi connectivity index (χ2n) is 2.62. The molecule has 0 saturated carbocycles. The number of aryl methyl sites for hydroxylation is 1. The Kier molecular flexibility index (Phi) is 9.21. The largest absolute Gasteiger partial charge is 0.507 e. The number of alkyl halides is 3. The monoisotopic (exact) mass is 314 g/mol. The summed E-state index contributed by atoms with van der Waals surface area (Å²) < 4.78 is 37.0. The topological polar surface area (TPSA) is 20.2 Å². The van der Waals surface area contributed by atoms with E-state index in [9.17, 15) is 13.2 Å². The maximum atomic E-state index is 12.2. The Hall–Kier alpha value is -0.710. The number of rotatable bonds is 0. The maximum Gasteiger partial charge on any atom is 0.420 e. The van der Waals surface area contributed by atoms with Crippen LogP contribution in [0.5, 0.6) is 5.75 Å². The van der Waals surface area contributed by atoms with Crippen molar-refractivity contribution in [3.63, 3.8) is 0 Å². The molecule has 0 aliphatic heterocycles. The Morgan fingerprint density at radius 2 is 1.47 bits per heavy atom. The lowest BCUT2D eigenvalue weighted by Crippen LogP contribution is -2.05. The van der Waals surface area contributed by atoms with Crippen LogP contribution in [0.2, 0.25) is 0 Å². The fourth-order valence-corrected chi connectivity index (χ4v) is 1.52. The van der Waals surface area contributed by atoms with Crippen molar-refractivity contribution in [1.29, 1.82) is 0 Å². The number of phenols is 1. The lowest BCUT2D eigenvalue weighted by atomic mass is 10.1. The summed E-state index contributed by atoms with van der Waals surface area (Å²) in [5, 5.41) is 9.12. The summed E-state index contributed by atoms with van der Waals surface area (Å²) in [5.74, 6) is -0.712. The van der Waals surface area contributed by atoms with Crippen LogP contribution in [-0.4, -0.2) is 5.11 Å². The van der Waals surface area contributed by atoms with E-state index in [1.807, 2.05) is 27.7 Å². The summed E-state index contributed by atoms with van der Waals surface area (Å²) in [7, 11) is 0. The molecule has 100 valence electrons. The molecule has 0 bridgehead atoms. The van der Waals surface area contributed by atoms with Gasteiger partial charge >= 0.3 is 6.18 Å². The fraction of sp³-hybridized carbons (Fsp3) is 0.500. The van der Waals surface area contributed by atoms with Crippen LogP contribution in [0.1, 0.15) is 38.8 Å². The summed E-state index contributed by atoms with van der Waals surface area (Å²) in [6, 6.07) is 2.27. The van der Waals surface area contributed by atoms with E-state index in [-0.39, 0.29) is 5.56 Å². The van der Waals surface area contributed by atoms with Crippen LogP contribution in [0.3, 0.4) is 0 Å². The van der Waals surface area contributed by atoms with E-state index in [2.05, 4.69) is 15.9 Å². The standard InChI is InChI=1S/C8H6BrF3O.2C2H6/c1-4-2-5(9)3-6(7(4)13)8(10,11)12;2*1-2/h2-3,13H,1H3;2*1-2H3. The Bertz CT molecular complexity index is 335. The Balaban J connectivity index is 0. The molecular weight excluding hydrogens is 297 g/mol. The molecule has 0 aromatic heterocycles. The molecule has 0 aliphatic rings. The molecular formula is C12H18BrF3O. The van der Waals surface area contributed by atoms with Crippen molar-refractivity contribution in [2.45, 2.75) is 40.8 Å². The molecule has 17 heavy (non-hydrogen) atoms. The van der Waals surface area contributed by atoms with E-state index in [1.165, 1.54) is 13.0 Å². The van der Waals surface area contributed by atoms with Crippen molar-refractivity contribution in [3.8, 4) is 5.75 Å². The molecule has 1 aromatic rings. The van der Waals surface area contributed by atoms with E-state index < -0.39 is 17.5 Å². The second-order valence-corrected chi connectivity index (χ2v) is 3.53. The molecule has 0 saturated heterocycles. The average Bonchev–Trinajstić information content (AvgIpc) is 2.27. The molecule has 5 heteroatoms. The van der Waals surface area contributed by atoms with Gasteiger partial charge in [0.25, 0.3) is 0 Å². The maximum absolute atomic E-state index is 12.2. The first-order valence-electron chi connectivity index (χ1n) is 5.38. The van der Waals surface area contributed by atoms with Crippen LogP contribution < -0.4 is 0 Å². The van der Waals surface area contributed by atoms with Gasteiger partial charge in [-0.2, -0.15) is 13.2 Å². The minimum Gasteiger partial charge on any atom is -0.507 e. The summed E-state index contributed by atoms with van der Waals surface area (Å²) in [5.41, 5.74) is -0.818. The third-order valence-corrected chi connectivity index (χ3v) is 2.03. The molecule has 1 nitrogen and oxygen atoms in total. The quantitative estimate of drug-likeness (QED) is 0.667. The Morgan fingerprint density at radius 1 is 1.06 bits per heavy atom. The molecule has 0 heterocycles. The number of phenolic OH excluding ortho intramolecular Hbond substituents is 1. The van der Waals surface area contributed by atoms with Gasteiger partial charge in [-0.15, -0.1) is 0 Å². The van der Waals surface area contributed by atoms with Gasteiger partial charge in [0.15, 0.2) is 0 Å². The first-order chi connectivity index (χ1) is 7.82. The van der Waals surface area contributed by atoms with Crippen molar-refractivity contribution < 1.29 is 18.3 Å². The highest BCUT2D eigenvalue weighted by Gasteiger charge is 2.34. The molecule has 0 fully saturated rings. The molecule has 0 spiro atoms. The lowest BCUT2D eigenvalue weighted by Gasteiger charge is -2.11. The number of hydrogen-bond donors (Lipinski definition) is 1. The van der Waals surface area contributed by atoms with E-state index in [0.717, 1.165) is 6.07 Å². The average molecular weight is 315 g/mol. The van der Waals surface area contributed by atoms with E-state index in [4.69, 9.17) is 5.11 Å². The Labute approximate surface area is 109 Å². The molecule has 0 aliphatic carbocycles. The van der Waals surface area contributed by atoms with Gasteiger partial charge in [0.2, 0.25) is 0 Å². The number of benzene rings is 1. The molecule has 0 radical (unpaired) electrons. The third kappa shape index (κ3) is 5.96. The van der Waals surface area contributed by atoms with Crippen LogP contribution in [0, 0.1) is 6.92 Å². The predicted octanol–water partition coefficient (Wildman–Crippen LogP) is 5.53. The van der Waals surface area contributed by atoms with Crippen molar-refractivity contribution in [2.24, 2.45) is 0 Å². The van der Waals surface area contributed by atoms with Gasteiger partial charge in [-0.25, -0.2) is 0 Å². The van der Waals surface area contributed by atoms with Gasteiger partial charge in [0.1, 0.15) is 5.75 Å². The molecule has 1 N–H and O–H groups in total. The number of aromatic hydroxyl groups is 1. The van der Waals surface area contributed by atoms with Crippen molar-refractivity contribution in [3.05, 3.63) is 27.7 Å². The Morgan fingerprint density at radius 3 is 1.82 bits per heavy atom. The van der Waals surface area contributed by atoms with Crippen LogP contribution >= 0.6 is 15.9 Å². The molecule has 0 amide bonds. The highest BCUT2D eigenvalue weighted by Crippen LogP contribution is 2.39. The van der Waals surface area contributed by atoms with Gasteiger partial charge < -0.3 is 5.11 Å². The smallest absolute Gasteiger partial charge is 0.420 e. The van der Waals surface area contributed by atoms with Crippen LogP contribution in [-0.2, 0) is 6.18 Å². The highest BCUT2D eigenvalue weighted by molar-refractivity contribution is 9.10. The summed E-state index contributed by atoms with van der Waals surface area (Å²) >= 11 is 2.93. The zero-order chi connectivity index (χ0) is 14.2. The molecule has 1 rings (SSSR count). The number of halogens is 4. The zero-order valence-electron chi connectivity index (χ0n) is 10.6. The minimum atomic E-state index is -4.52. The van der Waals surface area contributed by atoms with Crippen molar-refractivity contribution in [2.75, 3.05) is 0 Å². The van der Waals surface area contributed by atoms with Gasteiger partial charge in [-0.05, 0) is 24.6 Å². The summed E-state index contributed by atoms with van der Waals surface area (Å²) in [4.78, 5) is 0. The zero-order valence-corrected chi connectivity index (χ0v) is 12.2. The van der Waals surface area contributed by atoms with Crippen molar-refractivity contribution in [1.82, 2.24) is 0 Å². The summed E-state index contributed by atoms with van der Waals surface area (Å²) in [6.07, 6.45) is -4.52. The van der Waals surface area contributed by atoms with Crippen LogP contribution in [0.25, 0.3) is 0 Å². The molecule has 0 unspecified atom stereocenters. The van der Waals surface area contributed by atoms with Gasteiger partial charge in [0.05, 0.1) is 5.56 Å². The van der Waals surface area contributed by atoms with Crippen molar-refractivity contribution >= 4 is 15.9 Å². The first-order valence-corrected chi connectivity index (χ1v) is 6.18. The predicted molar refractivity (Wildman–Crippen MR) is 68.2 cm³/mol. The van der Waals surface area contributed by atoms with Gasteiger partial charge in [-0.3, -0.25) is 0 Å². The van der Waals surface area contributed by atoms with E-state index in [1.54, 1.807) is 0 Å². The normalized spacial score (nSPS) is 9.71. The van der Waals surface area contributed by atoms with E-state index >= 15 is 0 Å². The SMILES string of the molecule is CC.CC.Cc1cc(Br)cc(C(F)(F)F)c1O.